The van der Waals surface area contributed by atoms with Crippen LogP contribution in [0.4, 0.5) is 0 Å². The molecule has 0 radical (unpaired) electrons. The van der Waals surface area contributed by atoms with E-state index in [2.05, 4.69) is 125 Å². The molecule has 102 heavy (non-hydrogen) atoms. The van der Waals surface area contributed by atoms with E-state index in [0.717, 1.165) is 180 Å². The van der Waals surface area contributed by atoms with Crippen LogP contribution in [-0.2, 0) is 65.4 Å². The lowest BCUT2D eigenvalue weighted by Crippen LogP contribution is -2.30. The number of phosphoric ester groups is 2. The number of aliphatic hydroxyl groups is 1. The van der Waals surface area contributed by atoms with Gasteiger partial charge in [-0.15, -0.1) is 0 Å². The van der Waals surface area contributed by atoms with Crippen molar-refractivity contribution in [3.8, 4) is 0 Å². The number of carbonyl (C=O) groups excluding carboxylic acids is 4. The van der Waals surface area contributed by atoms with Crippen LogP contribution < -0.4 is 12.3 Å². The van der Waals surface area contributed by atoms with Crippen molar-refractivity contribution >= 4 is 39.5 Å². The van der Waals surface area contributed by atoms with Gasteiger partial charge in [-0.2, -0.15) is 0 Å². The molecule has 19 nitrogen and oxygen atoms in total. The smallest absolute Gasteiger partial charge is 0.462 e. The second kappa shape index (κ2) is 78.0. The number of rotatable bonds is 74. The van der Waals surface area contributed by atoms with Crippen molar-refractivity contribution in [2.24, 2.45) is 0 Å². The number of carbonyl (C=O) groups is 4. The van der Waals surface area contributed by atoms with E-state index in [0.29, 0.717) is 25.7 Å². The van der Waals surface area contributed by atoms with E-state index in [-0.39, 0.29) is 38.0 Å². The van der Waals surface area contributed by atoms with Gasteiger partial charge in [0.25, 0.3) is 0 Å². The van der Waals surface area contributed by atoms with Crippen LogP contribution in [-0.4, -0.2) is 96.7 Å². The summed E-state index contributed by atoms with van der Waals surface area (Å²) < 4.78 is 68.5. The summed E-state index contributed by atoms with van der Waals surface area (Å²) in [4.78, 5) is 72.9. The molecule has 0 aliphatic heterocycles. The Labute approximate surface area is 620 Å². The number of esters is 4. The zero-order chi connectivity index (χ0) is 73.2. The van der Waals surface area contributed by atoms with Gasteiger partial charge in [-0.25, -0.2) is 9.13 Å². The average Bonchev–Trinajstić information content (AvgIpc) is 0.927. The zero-order valence-corrected chi connectivity index (χ0v) is 66.3. The predicted molar refractivity (Wildman–Crippen MR) is 419 cm³/mol. The first-order chi connectivity index (χ1) is 48.7. The van der Waals surface area contributed by atoms with Gasteiger partial charge < -0.3 is 46.1 Å². The highest BCUT2D eigenvalue weighted by Gasteiger charge is 2.30. The Morgan fingerprint density at radius 1 is 0.284 bits per heavy atom. The van der Waals surface area contributed by atoms with Gasteiger partial charge in [-0.05, 0) is 154 Å². The molecule has 0 aromatic heterocycles. The summed E-state index contributed by atoms with van der Waals surface area (Å²) in [6.45, 7) is 4.74. The molecule has 0 heterocycles. The van der Waals surface area contributed by atoms with E-state index in [9.17, 15) is 43.2 Å². The molecule has 21 heteroatoms. The van der Waals surface area contributed by atoms with Crippen LogP contribution in [0.25, 0.3) is 0 Å². The van der Waals surface area contributed by atoms with E-state index < -0.39 is 97.5 Å². The minimum absolute atomic E-state index is 0. The molecule has 0 aromatic carbocycles. The third-order valence-corrected chi connectivity index (χ3v) is 18.4. The molecule has 0 amide bonds. The summed E-state index contributed by atoms with van der Waals surface area (Å²) >= 11 is 0. The van der Waals surface area contributed by atoms with Crippen molar-refractivity contribution in [2.45, 2.75) is 354 Å². The number of hydrogen-bond donors (Lipinski definition) is 5. The first kappa shape index (κ1) is 102. The lowest BCUT2D eigenvalue weighted by molar-refractivity contribution is -0.161. The minimum atomic E-state index is -4.98. The highest BCUT2D eigenvalue weighted by molar-refractivity contribution is 7.47. The first-order valence-electron chi connectivity index (χ1n) is 39.5. The van der Waals surface area contributed by atoms with Crippen molar-refractivity contribution in [2.75, 3.05) is 39.6 Å². The number of aliphatic hydroxyl groups excluding tert-OH is 1. The van der Waals surface area contributed by atoms with Crippen LogP contribution in [0.1, 0.15) is 336 Å². The fraction of sp³-hybridized carbons (Fsp3) is 0.753. The summed E-state index contributed by atoms with van der Waals surface area (Å²) in [7, 11) is -9.97. The van der Waals surface area contributed by atoms with Gasteiger partial charge in [0, 0.05) is 25.7 Å². The van der Waals surface area contributed by atoms with Crippen LogP contribution >= 0.6 is 15.6 Å². The fourth-order valence-corrected chi connectivity index (χ4v) is 12.0. The lowest BCUT2D eigenvalue weighted by atomic mass is 10.1. The van der Waals surface area contributed by atoms with Gasteiger partial charge in [-0.3, -0.25) is 37.3 Å². The molecule has 4 atom stereocenters. The third-order valence-electron chi connectivity index (χ3n) is 16.5. The Kier molecular flexibility index (Phi) is 78.0. The Morgan fingerprint density at radius 2 is 0.490 bits per heavy atom. The summed E-state index contributed by atoms with van der Waals surface area (Å²) in [6.07, 6.45) is 76.6. The van der Waals surface area contributed by atoms with E-state index in [1.165, 1.54) is 77.0 Å². The maximum absolute atomic E-state index is 13.1. The van der Waals surface area contributed by atoms with Crippen molar-refractivity contribution in [1.29, 1.82) is 0 Å². The Bertz CT molecular complexity index is 2140. The van der Waals surface area contributed by atoms with Gasteiger partial charge in [0.15, 0.2) is 12.2 Å². The maximum atomic E-state index is 13.1. The second-order valence-corrected chi connectivity index (χ2v) is 29.2. The molecule has 0 spiro atoms. The Morgan fingerprint density at radius 3 is 0.735 bits per heavy atom. The molecule has 9 N–H and O–H groups in total. The van der Waals surface area contributed by atoms with Gasteiger partial charge in [-0.1, -0.05) is 253 Å². The maximum Gasteiger partial charge on any atom is 0.472 e. The molecule has 594 valence electrons. The second-order valence-electron chi connectivity index (χ2n) is 26.3. The molecule has 0 aromatic rings. The van der Waals surface area contributed by atoms with Gasteiger partial charge >= 0.3 is 39.5 Å². The average molecular weight is 1480 g/mol. The summed E-state index contributed by atoms with van der Waals surface area (Å²) in [5, 5.41) is 10.6. The van der Waals surface area contributed by atoms with Crippen LogP contribution in [0.2, 0.25) is 0 Å². The van der Waals surface area contributed by atoms with Crippen molar-refractivity contribution in [3.63, 3.8) is 0 Å². The number of allylic oxidation sites excluding steroid dienone is 16. The standard InChI is InChI=1S/C81H142O17P2.2H3N/c1-5-9-13-17-21-25-29-33-37-41-45-49-53-57-61-65-78(83)91-71-76(97-80(85)67-63-59-55-51-47-43-39-35-31-27-23-19-15-11-7-3)73-95-99(87,88)93-69-75(82)70-94-100(89,90)96-74-77(98-81(86)68-64-60-56-52-48-44-40-36-32-28-24-20-16-12-8-4)72-92-79(84)66-62-58-54-50-46-42-38-34-30-26-22-18-14-10-6-2;;/h21-28,33-40,75-77,82H,5-20,29-32,41-74H2,1-4H3,(H,87,88)(H,89,90);2*1H3/b25-21-,26-22-,27-23-,28-24-,37-33-,38-34-,39-35-,40-36-;;/t76-,77-;;/m1../s1. The molecule has 0 saturated carbocycles. The first-order valence-corrected chi connectivity index (χ1v) is 42.5. The number of phosphoric acid groups is 2. The summed E-state index contributed by atoms with van der Waals surface area (Å²) in [6, 6.07) is 0. The van der Waals surface area contributed by atoms with Crippen LogP contribution in [0.5, 0.6) is 0 Å². The van der Waals surface area contributed by atoms with E-state index >= 15 is 0 Å². The molecule has 0 aliphatic carbocycles. The van der Waals surface area contributed by atoms with Crippen molar-refractivity contribution in [3.05, 3.63) is 97.2 Å². The topological polar surface area (TPSA) is 307 Å². The number of unbranched alkanes of at least 4 members (excludes halogenated alkanes) is 32. The normalized spacial score (nSPS) is 14.1. The predicted octanol–water partition coefficient (Wildman–Crippen LogP) is 23.1. The van der Waals surface area contributed by atoms with E-state index in [1.54, 1.807) is 0 Å². The summed E-state index contributed by atoms with van der Waals surface area (Å²) in [5.41, 5.74) is 0. The molecule has 0 aliphatic rings. The molecule has 0 saturated heterocycles. The highest BCUT2D eigenvalue weighted by Crippen LogP contribution is 2.45. The molecule has 0 fully saturated rings. The largest absolute Gasteiger partial charge is 0.472 e. The van der Waals surface area contributed by atoms with E-state index in [4.69, 9.17) is 37.0 Å². The SMILES string of the molecule is CCCCC/C=C\C/C=C\CCCCCCCC(=O)OC[C@H](COP(=O)(O)OCC(O)COP(=O)(O)OC[C@@H](COC(=O)CCCCCCC/C=C\C/C=C\CCCCC)OC(=O)CCCCCCC/C=C\C/C=C\CCCCC)OC(=O)CCCCCCC/C=C\C/C=C\CCCCC.N.N. The van der Waals surface area contributed by atoms with Crippen LogP contribution in [0.15, 0.2) is 97.2 Å². The van der Waals surface area contributed by atoms with Crippen LogP contribution in [0, 0.1) is 0 Å². The van der Waals surface area contributed by atoms with Crippen molar-refractivity contribution < 1.29 is 80.2 Å². The minimum Gasteiger partial charge on any atom is -0.462 e. The lowest BCUT2D eigenvalue weighted by Gasteiger charge is -2.21. The monoisotopic (exact) mass is 1480 g/mol. The number of hydrogen-bond acceptors (Lipinski definition) is 17. The highest BCUT2D eigenvalue weighted by atomic mass is 31.2. The van der Waals surface area contributed by atoms with Gasteiger partial charge in [0.2, 0.25) is 0 Å². The molecule has 0 rings (SSSR count). The van der Waals surface area contributed by atoms with E-state index in [1.807, 2.05) is 0 Å². The van der Waals surface area contributed by atoms with Gasteiger partial charge in [0.1, 0.15) is 19.3 Å². The quantitative estimate of drug-likeness (QED) is 0.0124. The van der Waals surface area contributed by atoms with Gasteiger partial charge in [0.05, 0.1) is 26.4 Å². The Balaban J connectivity index is -0.0000490. The molecular formula is C81H148N2O17P2. The fourth-order valence-electron chi connectivity index (χ4n) is 10.4. The third kappa shape index (κ3) is 77.0. The molecule has 2 unspecified atom stereocenters. The molecular weight excluding hydrogens is 1330 g/mol. The number of ether oxygens (including phenoxy) is 4. The Hall–Kier alpha value is -4.10. The van der Waals surface area contributed by atoms with Crippen molar-refractivity contribution in [1.82, 2.24) is 12.3 Å². The zero-order valence-electron chi connectivity index (χ0n) is 64.5. The molecule has 0 bridgehead atoms. The van der Waals surface area contributed by atoms with Crippen LogP contribution in [0.3, 0.4) is 0 Å². The summed E-state index contributed by atoms with van der Waals surface area (Å²) in [5.74, 6) is -2.22.